The van der Waals surface area contributed by atoms with Crippen LogP contribution in [-0.2, 0) is 0 Å². The van der Waals surface area contributed by atoms with E-state index in [0.29, 0.717) is 23.4 Å². The van der Waals surface area contributed by atoms with Gasteiger partial charge in [0.25, 0.3) is 0 Å². The first-order chi connectivity index (χ1) is 27.7. The van der Waals surface area contributed by atoms with Gasteiger partial charge < -0.3 is 4.98 Å². The number of fused-ring (bicyclic) bond motifs is 6. The molecule has 4 heterocycles. The van der Waals surface area contributed by atoms with Crippen molar-refractivity contribution in [2.75, 3.05) is 0 Å². The van der Waals surface area contributed by atoms with E-state index in [1.54, 1.807) is 0 Å². The third-order valence-electron chi connectivity index (χ3n) is 10.4. The summed E-state index contributed by atoms with van der Waals surface area (Å²) in [4.78, 5) is 29.0. The van der Waals surface area contributed by atoms with Gasteiger partial charge in [-0.25, -0.2) is 15.0 Å². The molecule has 0 aliphatic heterocycles. The number of para-hydroxylation sites is 1. The van der Waals surface area contributed by atoms with Gasteiger partial charge in [-0.15, -0.1) is 0 Å². The topological polar surface area (TPSA) is 85.2 Å². The lowest BCUT2D eigenvalue weighted by Crippen LogP contribution is -2.06. The first-order valence-corrected chi connectivity index (χ1v) is 18.6. The molecule has 11 rings (SSSR count). The summed E-state index contributed by atoms with van der Waals surface area (Å²) in [7, 11) is 0. The maximum atomic E-state index is 5.17. The van der Waals surface area contributed by atoms with Gasteiger partial charge in [-0.1, -0.05) is 152 Å². The Bertz CT molecular complexity index is 3170. The molecular weight excluding hydrogens is 687 g/mol. The summed E-state index contributed by atoms with van der Waals surface area (Å²) in [5.74, 6) is 2.51. The molecule has 0 atom stereocenters. The minimum Gasteiger partial charge on any atom is -0.339 e. The van der Waals surface area contributed by atoms with Crippen molar-refractivity contribution in [2.45, 2.75) is 0 Å². The van der Waals surface area contributed by atoms with E-state index in [1.165, 1.54) is 0 Å². The van der Waals surface area contributed by atoms with Crippen LogP contribution in [0.1, 0.15) is 0 Å². The highest BCUT2D eigenvalue weighted by molar-refractivity contribution is 6.14. The molecule has 0 amide bonds. The average Bonchev–Trinajstić information content (AvgIpc) is 3.82. The van der Waals surface area contributed by atoms with E-state index < -0.39 is 0 Å². The minimum atomic E-state index is 0.570. The lowest BCUT2D eigenvalue weighted by Gasteiger charge is -2.11. The van der Waals surface area contributed by atoms with Crippen LogP contribution in [0.3, 0.4) is 0 Å². The van der Waals surface area contributed by atoms with Gasteiger partial charge in [-0.2, -0.15) is 9.97 Å². The molecule has 7 aromatic carbocycles. The van der Waals surface area contributed by atoms with E-state index in [4.69, 9.17) is 24.9 Å². The maximum absolute atomic E-state index is 5.17. The van der Waals surface area contributed by atoms with Crippen LogP contribution in [-0.4, -0.2) is 34.5 Å². The molecular formula is C49H31N7. The Kier molecular flexibility index (Phi) is 7.35. The molecule has 0 saturated carbocycles. The Morgan fingerprint density at radius 1 is 0.357 bits per heavy atom. The summed E-state index contributed by atoms with van der Waals surface area (Å²) in [5, 5.41) is 4.31. The number of hydrogen-bond acceptors (Lipinski definition) is 5. The van der Waals surface area contributed by atoms with Gasteiger partial charge in [0.2, 0.25) is 5.95 Å². The monoisotopic (exact) mass is 717 g/mol. The van der Waals surface area contributed by atoms with Crippen molar-refractivity contribution in [1.29, 1.82) is 0 Å². The number of aromatic nitrogens is 7. The van der Waals surface area contributed by atoms with Gasteiger partial charge in [-0.3, -0.25) is 4.57 Å². The molecule has 7 heteroatoms. The quantitative estimate of drug-likeness (QED) is 0.185. The summed E-state index contributed by atoms with van der Waals surface area (Å²) in [6.07, 6.45) is 0. The maximum Gasteiger partial charge on any atom is 0.238 e. The smallest absolute Gasteiger partial charge is 0.238 e. The van der Waals surface area contributed by atoms with Crippen molar-refractivity contribution in [2.24, 2.45) is 0 Å². The Balaban J connectivity index is 1.09. The van der Waals surface area contributed by atoms with E-state index in [1.807, 2.05) is 84.9 Å². The summed E-state index contributed by atoms with van der Waals surface area (Å²) >= 11 is 0. The van der Waals surface area contributed by atoms with Crippen LogP contribution < -0.4 is 0 Å². The van der Waals surface area contributed by atoms with Crippen molar-refractivity contribution in [3.8, 4) is 62.5 Å². The third-order valence-corrected chi connectivity index (χ3v) is 10.4. The van der Waals surface area contributed by atoms with Crippen LogP contribution in [0, 0.1) is 0 Å². The highest BCUT2D eigenvalue weighted by Crippen LogP contribution is 2.39. The first kappa shape index (κ1) is 31.7. The molecule has 56 heavy (non-hydrogen) atoms. The number of nitrogens with zero attached hydrogens (tertiary/aromatic N) is 6. The van der Waals surface area contributed by atoms with Crippen LogP contribution in [0.15, 0.2) is 182 Å². The van der Waals surface area contributed by atoms with Crippen molar-refractivity contribution in [3.63, 3.8) is 0 Å². The Hall–Kier alpha value is -7.77. The van der Waals surface area contributed by atoms with E-state index in [-0.39, 0.29) is 0 Å². The van der Waals surface area contributed by atoms with E-state index in [2.05, 4.69) is 107 Å². The van der Waals surface area contributed by atoms with Crippen molar-refractivity contribution >= 4 is 43.7 Å². The lowest BCUT2D eigenvalue weighted by molar-refractivity contribution is 0.953. The molecule has 0 spiro atoms. The van der Waals surface area contributed by atoms with Gasteiger partial charge in [-0.05, 0) is 41.5 Å². The molecule has 7 nitrogen and oxygen atoms in total. The molecule has 0 radical (unpaired) electrons. The highest BCUT2D eigenvalue weighted by Gasteiger charge is 2.20. The summed E-state index contributed by atoms with van der Waals surface area (Å²) in [6, 6.07) is 62.4. The van der Waals surface area contributed by atoms with E-state index in [9.17, 15) is 0 Å². The number of benzene rings is 7. The third kappa shape index (κ3) is 5.33. The zero-order valence-corrected chi connectivity index (χ0v) is 30.0. The van der Waals surface area contributed by atoms with Crippen LogP contribution in [0.4, 0.5) is 0 Å². The zero-order chi connectivity index (χ0) is 37.0. The molecule has 11 aromatic rings. The van der Waals surface area contributed by atoms with E-state index in [0.717, 1.165) is 82.8 Å². The van der Waals surface area contributed by atoms with Crippen molar-refractivity contribution < 1.29 is 0 Å². The van der Waals surface area contributed by atoms with Crippen LogP contribution in [0.2, 0.25) is 0 Å². The van der Waals surface area contributed by atoms with Gasteiger partial charge in [0.05, 0.1) is 22.1 Å². The molecule has 0 fully saturated rings. The van der Waals surface area contributed by atoms with E-state index >= 15 is 0 Å². The van der Waals surface area contributed by atoms with Crippen LogP contribution in [0.25, 0.3) is 106 Å². The fourth-order valence-electron chi connectivity index (χ4n) is 7.76. The van der Waals surface area contributed by atoms with Crippen LogP contribution >= 0.6 is 0 Å². The number of aromatic amines is 1. The van der Waals surface area contributed by atoms with Gasteiger partial charge in [0, 0.05) is 43.9 Å². The predicted molar refractivity (Wildman–Crippen MR) is 226 cm³/mol. The predicted octanol–water partition coefficient (Wildman–Crippen LogP) is 11.7. The largest absolute Gasteiger partial charge is 0.339 e. The molecule has 0 aliphatic rings. The second kappa shape index (κ2) is 13.0. The second-order valence-electron chi connectivity index (χ2n) is 13.8. The number of H-pyrrole nitrogens is 1. The number of nitrogens with one attached hydrogen (secondary N) is 1. The number of hydrogen-bond donors (Lipinski definition) is 1. The summed E-state index contributed by atoms with van der Waals surface area (Å²) in [6.45, 7) is 0. The molecule has 0 bridgehead atoms. The molecule has 0 unspecified atom stereocenters. The highest BCUT2D eigenvalue weighted by atomic mass is 15.2. The molecule has 4 aromatic heterocycles. The molecule has 1 N–H and O–H groups in total. The van der Waals surface area contributed by atoms with Crippen LogP contribution in [0.5, 0.6) is 0 Å². The molecule has 0 saturated heterocycles. The first-order valence-electron chi connectivity index (χ1n) is 18.6. The molecule has 0 aliphatic carbocycles. The fraction of sp³-hybridized carbons (Fsp3) is 0. The van der Waals surface area contributed by atoms with Crippen molar-refractivity contribution in [3.05, 3.63) is 182 Å². The standard InChI is InChI=1S/C49H31N7/c1-5-15-31(16-6-1)44-43-39-30-35(25-27-40(39)50-48(43)53-45(51-44)32-17-7-2-8-18-32)36-26-28-42-38(29-36)37-23-13-14-24-41(37)56(42)49-54-46(33-19-9-3-10-20-33)52-47(55-49)34-21-11-4-12-22-34/h1-30H,(H,50,51,53). The number of rotatable bonds is 6. The summed E-state index contributed by atoms with van der Waals surface area (Å²) < 4.78 is 2.16. The lowest BCUT2D eigenvalue weighted by atomic mass is 9.99. The molecule has 262 valence electrons. The van der Waals surface area contributed by atoms with Gasteiger partial charge in [0.1, 0.15) is 5.65 Å². The van der Waals surface area contributed by atoms with Gasteiger partial charge >= 0.3 is 0 Å². The second-order valence-corrected chi connectivity index (χ2v) is 13.8. The van der Waals surface area contributed by atoms with Crippen molar-refractivity contribution in [1.82, 2.24) is 34.5 Å². The fourth-order valence-corrected chi connectivity index (χ4v) is 7.76. The Morgan fingerprint density at radius 2 is 0.857 bits per heavy atom. The Labute approximate surface area is 321 Å². The minimum absolute atomic E-state index is 0.570. The SMILES string of the molecule is c1ccc(-c2nc(-c3ccccc3)nc(-n3c4ccccc4c4cc(-c5ccc6[nH]c7nc(-c8ccccc8)nc(-c8ccccc8)c7c6c5)ccc43)n2)cc1. The normalized spacial score (nSPS) is 11.6. The zero-order valence-electron chi connectivity index (χ0n) is 30.0. The van der Waals surface area contributed by atoms with Gasteiger partial charge in [0.15, 0.2) is 17.5 Å². The summed E-state index contributed by atoms with van der Waals surface area (Å²) in [5.41, 5.74) is 10.8. The average molecular weight is 718 g/mol. The Morgan fingerprint density at radius 3 is 1.48 bits per heavy atom.